The van der Waals surface area contributed by atoms with Crippen molar-refractivity contribution in [1.29, 1.82) is 0 Å². The van der Waals surface area contributed by atoms with Crippen LogP contribution in [0.25, 0.3) is 0 Å². The molecule has 10 heteroatoms. The summed E-state index contributed by atoms with van der Waals surface area (Å²) in [5, 5.41) is 17.3. The second-order valence-corrected chi connectivity index (χ2v) is 18.0. The maximum Gasteiger partial charge on any atom is 0.0802 e. The maximum atomic E-state index is 6.69. The Morgan fingerprint density at radius 2 is 1.28 bits per heavy atom. The van der Waals surface area contributed by atoms with E-state index in [9.17, 15) is 0 Å². The van der Waals surface area contributed by atoms with Crippen LogP contribution >= 0.6 is 0 Å². The Balaban J connectivity index is 1.06. The summed E-state index contributed by atoms with van der Waals surface area (Å²) >= 11 is 0. The molecule has 2 N–H and O–H groups in total. The fourth-order valence-electron chi connectivity index (χ4n) is 10.7. The zero-order chi connectivity index (χ0) is 38.1. The van der Waals surface area contributed by atoms with Gasteiger partial charge in [0.15, 0.2) is 0 Å². The van der Waals surface area contributed by atoms with Crippen molar-refractivity contribution in [3.63, 3.8) is 0 Å². The minimum atomic E-state index is 0.304. The lowest BCUT2D eigenvalue weighted by Gasteiger charge is -2.40. The van der Waals surface area contributed by atoms with Gasteiger partial charge in [-0.15, -0.1) is 0 Å². The number of ether oxygens (including phenoxy) is 2. The van der Waals surface area contributed by atoms with E-state index in [0.29, 0.717) is 28.7 Å². The van der Waals surface area contributed by atoms with Gasteiger partial charge in [0.2, 0.25) is 0 Å². The van der Waals surface area contributed by atoms with E-state index >= 15 is 0 Å². The average molecular weight is 751 g/mol. The highest BCUT2D eigenvalue weighted by Crippen LogP contribution is 2.49. The van der Waals surface area contributed by atoms with Crippen molar-refractivity contribution in [2.24, 2.45) is 10.8 Å². The maximum absolute atomic E-state index is 6.69. The van der Waals surface area contributed by atoms with Crippen LogP contribution < -0.4 is 10.6 Å². The second-order valence-electron chi connectivity index (χ2n) is 18.0. The number of fused-ring (bicyclic) bond motifs is 2. The van der Waals surface area contributed by atoms with Crippen LogP contribution in [0.3, 0.4) is 0 Å². The van der Waals surface area contributed by atoms with Gasteiger partial charge in [0, 0.05) is 81.5 Å². The van der Waals surface area contributed by atoms with Gasteiger partial charge in [-0.25, -0.2) is 0 Å². The molecule has 306 valence electrons. The van der Waals surface area contributed by atoms with Gasteiger partial charge in [0.05, 0.1) is 30.6 Å². The van der Waals surface area contributed by atoms with Crippen molar-refractivity contribution in [3.8, 4) is 0 Å². The van der Waals surface area contributed by atoms with Gasteiger partial charge in [0.1, 0.15) is 0 Å². The molecule has 2 saturated carbocycles. The van der Waals surface area contributed by atoms with E-state index in [1.165, 1.54) is 94.9 Å². The summed E-state index contributed by atoms with van der Waals surface area (Å²) in [6.45, 7) is 17.5. The Labute approximate surface area is 328 Å². The molecule has 6 rings (SSSR count). The standard InChI is InChI=1S/C44H78N8O2/c1-8-43(32-53-10-3)20-17-35(18-21-43)42-38(31-50(7)28-25-46-5)48-52-36(13-14-40(42)52)19-29-54-33-44(9-2)22-15-34(16-23-44)41-37(30-49(6)27-24-45-4)47-51-26-11-12-39(41)51/h34-36,45-46H,8-33H2,1-7H3. The summed E-state index contributed by atoms with van der Waals surface area (Å²) in [6.07, 6.45) is 18.4. The number of aromatic nitrogens is 4. The Bertz CT molecular complexity index is 1440. The number of nitrogens with zero attached hydrogens (tertiary/aromatic N) is 6. The van der Waals surface area contributed by atoms with Gasteiger partial charge < -0.3 is 20.1 Å². The SMILES string of the molecule is CCOCC1(CC)CCC(c2c(CN(C)CCNC)nn3c2CCC3CCOCC2(CC)CCC(c3c(CN(C)CCNC)nn4c3CCC4)CC2)CC1. The largest absolute Gasteiger partial charge is 0.381 e. The number of rotatable bonds is 22. The Hall–Kier alpha value is -1.82. The first kappa shape index (κ1) is 41.8. The molecule has 2 aliphatic carbocycles. The predicted octanol–water partition coefficient (Wildman–Crippen LogP) is 7.07. The fourth-order valence-corrected chi connectivity index (χ4v) is 10.7. The first-order valence-corrected chi connectivity index (χ1v) is 22.3. The zero-order valence-corrected chi connectivity index (χ0v) is 35.6. The summed E-state index contributed by atoms with van der Waals surface area (Å²) in [7, 11) is 8.58. The molecule has 0 saturated heterocycles. The molecule has 1 unspecified atom stereocenters. The lowest BCUT2D eigenvalue weighted by Crippen LogP contribution is -2.32. The summed E-state index contributed by atoms with van der Waals surface area (Å²) in [4.78, 5) is 4.89. The monoisotopic (exact) mass is 751 g/mol. The van der Waals surface area contributed by atoms with Gasteiger partial charge in [-0.2, -0.15) is 10.2 Å². The van der Waals surface area contributed by atoms with Crippen molar-refractivity contribution in [1.82, 2.24) is 40.0 Å². The number of hydrogen-bond donors (Lipinski definition) is 2. The Kier molecular flexibility index (Phi) is 15.1. The molecule has 2 fully saturated rings. The van der Waals surface area contributed by atoms with Gasteiger partial charge in [-0.3, -0.25) is 19.2 Å². The third-order valence-electron chi connectivity index (χ3n) is 14.5. The van der Waals surface area contributed by atoms with Crippen LogP contribution in [0.2, 0.25) is 0 Å². The number of hydrogen-bond acceptors (Lipinski definition) is 8. The molecule has 0 aromatic carbocycles. The van der Waals surface area contributed by atoms with Crippen molar-refractivity contribution in [2.45, 2.75) is 155 Å². The molecular weight excluding hydrogens is 673 g/mol. The zero-order valence-electron chi connectivity index (χ0n) is 35.6. The predicted molar refractivity (Wildman–Crippen MR) is 220 cm³/mol. The highest BCUT2D eigenvalue weighted by molar-refractivity contribution is 5.34. The fraction of sp³-hybridized carbons (Fsp3) is 0.864. The number of likely N-dealkylation sites (N-methyl/N-ethyl adjacent to an activating group) is 4. The van der Waals surface area contributed by atoms with E-state index in [1.807, 2.05) is 14.1 Å². The number of nitrogens with one attached hydrogen (secondary N) is 2. The van der Waals surface area contributed by atoms with Crippen molar-refractivity contribution < 1.29 is 9.47 Å². The molecular formula is C44H78N8O2. The second kappa shape index (κ2) is 19.6. The lowest BCUT2D eigenvalue weighted by atomic mass is 9.67. The smallest absolute Gasteiger partial charge is 0.0802 e. The Morgan fingerprint density at radius 3 is 1.83 bits per heavy atom. The summed E-state index contributed by atoms with van der Waals surface area (Å²) in [5.41, 5.74) is 9.64. The molecule has 1 atom stereocenters. The third kappa shape index (κ3) is 9.64. The molecule has 0 bridgehead atoms. The van der Waals surface area contributed by atoms with E-state index in [2.05, 4.69) is 64.7 Å². The first-order chi connectivity index (χ1) is 26.3. The molecule has 0 amide bonds. The van der Waals surface area contributed by atoms with Crippen LogP contribution in [0.15, 0.2) is 0 Å². The van der Waals surface area contributed by atoms with E-state index in [1.54, 1.807) is 22.5 Å². The van der Waals surface area contributed by atoms with E-state index in [-0.39, 0.29) is 0 Å². The van der Waals surface area contributed by atoms with Crippen LogP contribution in [-0.2, 0) is 41.9 Å². The quantitative estimate of drug-likeness (QED) is 0.124. The minimum absolute atomic E-state index is 0.304. The molecule has 10 nitrogen and oxygen atoms in total. The lowest BCUT2D eigenvalue weighted by molar-refractivity contribution is 0.00925. The summed E-state index contributed by atoms with van der Waals surface area (Å²) < 4.78 is 17.5. The molecule has 0 radical (unpaired) electrons. The highest BCUT2D eigenvalue weighted by Gasteiger charge is 2.40. The van der Waals surface area contributed by atoms with Crippen molar-refractivity contribution >= 4 is 0 Å². The first-order valence-electron chi connectivity index (χ1n) is 22.3. The topological polar surface area (TPSA) is 84.6 Å². The highest BCUT2D eigenvalue weighted by atomic mass is 16.5. The van der Waals surface area contributed by atoms with E-state index < -0.39 is 0 Å². The molecule has 2 aromatic rings. The van der Waals surface area contributed by atoms with Crippen LogP contribution in [0, 0.1) is 10.8 Å². The molecule has 4 aliphatic rings. The minimum Gasteiger partial charge on any atom is -0.381 e. The van der Waals surface area contributed by atoms with Gasteiger partial charge in [-0.05, 0) is 154 Å². The van der Waals surface area contributed by atoms with Crippen molar-refractivity contribution in [2.75, 3.05) is 80.8 Å². The number of aryl methyl sites for hydroxylation is 1. The third-order valence-corrected chi connectivity index (χ3v) is 14.5. The molecule has 54 heavy (non-hydrogen) atoms. The average Bonchev–Trinajstić information content (AvgIpc) is 3.97. The van der Waals surface area contributed by atoms with Crippen LogP contribution in [0.5, 0.6) is 0 Å². The summed E-state index contributed by atoms with van der Waals surface area (Å²) in [6, 6.07) is 0.453. The molecule has 2 aromatic heterocycles. The van der Waals surface area contributed by atoms with E-state index in [4.69, 9.17) is 19.7 Å². The Morgan fingerprint density at radius 1 is 0.722 bits per heavy atom. The molecule has 4 heterocycles. The molecule has 0 spiro atoms. The van der Waals surface area contributed by atoms with Crippen LogP contribution in [0.4, 0.5) is 0 Å². The normalized spacial score (nSPS) is 27.0. The van der Waals surface area contributed by atoms with Gasteiger partial charge >= 0.3 is 0 Å². The summed E-state index contributed by atoms with van der Waals surface area (Å²) in [5.74, 6) is 1.26. The molecule has 2 aliphatic heterocycles. The van der Waals surface area contributed by atoms with E-state index in [0.717, 1.165) is 85.1 Å². The van der Waals surface area contributed by atoms with Gasteiger partial charge in [-0.1, -0.05) is 13.8 Å². The van der Waals surface area contributed by atoms with Crippen molar-refractivity contribution in [3.05, 3.63) is 33.9 Å². The van der Waals surface area contributed by atoms with Crippen LogP contribution in [0.1, 0.15) is 156 Å². The van der Waals surface area contributed by atoms with Crippen LogP contribution in [-0.4, -0.2) is 110 Å². The van der Waals surface area contributed by atoms with Gasteiger partial charge in [0.25, 0.3) is 0 Å².